The first-order valence-corrected chi connectivity index (χ1v) is 8.15. The molecule has 2 heteroatoms. The first kappa shape index (κ1) is 17.2. The molecule has 0 aliphatic rings. The predicted molar refractivity (Wildman–Crippen MR) is 85.3 cm³/mol. The summed E-state index contributed by atoms with van der Waals surface area (Å²) in [7, 11) is 2.14. The highest BCUT2D eigenvalue weighted by atomic mass is 19.1. The van der Waals surface area contributed by atoms with Crippen molar-refractivity contribution in [2.24, 2.45) is 0 Å². The molecule has 0 heterocycles. The lowest BCUT2D eigenvalue weighted by molar-refractivity contribution is 0.316. The molecule has 0 aromatic heterocycles. The van der Waals surface area contributed by atoms with E-state index in [4.69, 9.17) is 0 Å². The number of benzene rings is 1. The van der Waals surface area contributed by atoms with Gasteiger partial charge in [0.15, 0.2) is 0 Å². The highest BCUT2D eigenvalue weighted by Gasteiger charge is 2.00. The molecule has 0 aliphatic carbocycles. The largest absolute Gasteiger partial charge is 0.302 e. The van der Waals surface area contributed by atoms with Crippen LogP contribution in [0.3, 0.4) is 0 Å². The molecule has 1 aromatic carbocycles. The van der Waals surface area contributed by atoms with E-state index in [1.165, 1.54) is 56.9 Å². The molecule has 0 saturated heterocycles. The first-order chi connectivity index (χ1) is 9.72. The molecule has 0 unspecified atom stereocenters. The third-order valence-electron chi connectivity index (χ3n) is 3.76. The topological polar surface area (TPSA) is 3.24 Å². The van der Waals surface area contributed by atoms with Gasteiger partial charge in [0.1, 0.15) is 5.82 Å². The molecule has 0 bridgehead atoms. The fourth-order valence-corrected chi connectivity index (χ4v) is 2.50. The van der Waals surface area contributed by atoms with Crippen molar-refractivity contribution in [2.45, 2.75) is 64.8 Å². The van der Waals surface area contributed by atoms with Crippen molar-refractivity contribution in [2.75, 3.05) is 13.6 Å². The maximum atomic E-state index is 12.8. The van der Waals surface area contributed by atoms with Gasteiger partial charge in [-0.25, -0.2) is 4.39 Å². The zero-order chi connectivity index (χ0) is 14.6. The number of rotatable bonds is 11. The van der Waals surface area contributed by atoms with E-state index in [2.05, 4.69) is 18.9 Å². The highest BCUT2D eigenvalue weighted by Crippen LogP contribution is 2.10. The van der Waals surface area contributed by atoms with Crippen LogP contribution < -0.4 is 0 Å². The van der Waals surface area contributed by atoms with E-state index < -0.39 is 0 Å². The lowest BCUT2D eigenvalue weighted by Gasteiger charge is -2.16. The van der Waals surface area contributed by atoms with Crippen LogP contribution >= 0.6 is 0 Å². The van der Waals surface area contributed by atoms with Gasteiger partial charge in [0.25, 0.3) is 0 Å². The minimum atomic E-state index is -0.153. The number of nitrogens with zero attached hydrogens (tertiary/aromatic N) is 1. The lowest BCUT2D eigenvalue weighted by atomic mass is 10.1. The highest BCUT2D eigenvalue weighted by molar-refractivity contribution is 5.15. The predicted octanol–water partition coefficient (Wildman–Crippen LogP) is 5.40. The summed E-state index contributed by atoms with van der Waals surface area (Å²) in [6.07, 6.45) is 10.9. The molecule has 0 radical (unpaired) electrons. The molecule has 0 amide bonds. The van der Waals surface area contributed by atoms with Gasteiger partial charge in [-0.2, -0.15) is 0 Å². The normalized spacial score (nSPS) is 11.2. The van der Waals surface area contributed by atoms with Crippen molar-refractivity contribution in [3.05, 3.63) is 35.6 Å². The number of halogens is 1. The summed E-state index contributed by atoms with van der Waals surface area (Å²) in [4.78, 5) is 2.32. The zero-order valence-electron chi connectivity index (χ0n) is 13.2. The van der Waals surface area contributed by atoms with Crippen LogP contribution in [0.4, 0.5) is 4.39 Å². The van der Waals surface area contributed by atoms with Crippen molar-refractivity contribution in [1.29, 1.82) is 0 Å². The summed E-state index contributed by atoms with van der Waals surface area (Å²) >= 11 is 0. The van der Waals surface area contributed by atoms with Crippen LogP contribution in [0, 0.1) is 5.82 Å². The van der Waals surface area contributed by atoms with Gasteiger partial charge in [0.05, 0.1) is 0 Å². The molecule has 0 spiro atoms. The second-order valence-corrected chi connectivity index (χ2v) is 5.84. The summed E-state index contributed by atoms with van der Waals surface area (Å²) in [5, 5.41) is 0. The van der Waals surface area contributed by atoms with Gasteiger partial charge in [-0.3, -0.25) is 0 Å². The zero-order valence-corrected chi connectivity index (χ0v) is 13.2. The molecule has 0 fully saturated rings. The summed E-state index contributed by atoms with van der Waals surface area (Å²) in [6, 6.07) is 6.83. The van der Waals surface area contributed by atoms with Crippen LogP contribution in [-0.2, 0) is 6.54 Å². The Bertz CT molecular complexity index is 334. The van der Waals surface area contributed by atoms with Crippen LogP contribution in [0.1, 0.15) is 63.9 Å². The molecular weight excluding hydrogens is 249 g/mol. The summed E-state index contributed by atoms with van der Waals surface area (Å²) in [5.41, 5.74) is 1.19. The van der Waals surface area contributed by atoms with Gasteiger partial charge in [0.2, 0.25) is 0 Å². The van der Waals surface area contributed by atoms with Gasteiger partial charge in [-0.05, 0) is 37.7 Å². The second kappa shape index (κ2) is 10.8. The van der Waals surface area contributed by atoms with E-state index in [0.29, 0.717) is 0 Å². The monoisotopic (exact) mass is 279 g/mol. The fourth-order valence-electron chi connectivity index (χ4n) is 2.50. The van der Waals surface area contributed by atoms with Crippen LogP contribution in [0.2, 0.25) is 0 Å². The van der Waals surface area contributed by atoms with Crippen LogP contribution in [0.25, 0.3) is 0 Å². The SMILES string of the molecule is CCCCCCCCCCN(C)Cc1ccc(F)cc1. The Morgan fingerprint density at radius 3 is 2.00 bits per heavy atom. The minimum Gasteiger partial charge on any atom is -0.302 e. The average Bonchev–Trinajstić information content (AvgIpc) is 2.44. The Kier molecular flexibility index (Phi) is 9.31. The minimum absolute atomic E-state index is 0.153. The van der Waals surface area contributed by atoms with Gasteiger partial charge in [-0.15, -0.1) is 0 Å². The maximum absolute atomic E-state index is 12.8. The third-order valence-corrected chi connectivity index (χ3v) is 3.76. The quantitative estimate of drug-likeness (QED) is 0.490. The van der Waals surface area contributed by atoms with Crippen molar-refractivity contribution in [3.8, 4) is 0 Å². The van der Waals surface area contributed by atoms with Crippen molar-refractivity contribution < 1.29 is 4.39 Å². The smallest absolute Gasteiger partial charge is 0.123 e. The number of hydrogen-bond acceptors (Lipinski definition) is 1. The van der Waals surface area contributed by atoms with E-state index in [1.54, 1.807) is 12.1 Å². The van der Waals surface area contributed by atoms with Crippen molar-refractivity contribution in [3.63, 3.8) is 0 Å². The summed E-state index contributed by atoms with van der Waals surface area (Å²) in [5.74, 6) is -0.153. The van der Waals surface area contributed by atoms with E-state index in [9.17, 15) is 4.39 Å². The van der Waals surface area contributed by atoms with Crippen LogP contribution in [0.15, 0.2) is 24.3 Å². The first-order valence-electron chi connectivity index (χ1n) is 8.15. The lowest BCUT2D eigenvalue weighted by Crippen LogP contribution is -2.19. The summed E-state index contributed by atoms with van der Waals surface area (Å²) in [6.45, 7) is 4.31. The second-order valence-electron chi connectivity index (χ2n) is 5.84. The number of unbranched alkanes of at least 4 members (excludes halogenated alkanes) is 7. The average molecular weight is 279 g/mol. The Balaban J connectivity index is 2.00. The third kappa shape index (κ3) is 8.31. The van der Waals surface area contributed by atoms with Crippen LogP contribution in [0.5, 0.6) is 0 Å². The Morgan fingerprint density at radius 2 is 1.40 bits per heavy atom. The van der Waals surface area contributed by atoms with Gasteiger partial charge < -0.3 is 4.90 Å². The molecule has 0 aliphatic heterocycles. The molecule has 114 valence electrons. The molecule has 0 N–H and O–H groups in total. The Labute approximate surface area is 124 Å². The van der Waals surface area contributed by atoms with Gasteiger partial charge >= 0.3 is 0 Å². The van der Waals surface area contributed by atoms with Crippen molar-refractivity contribution in [1.82, 2.24) is 4.90 Å². The van der Waals surface area contributed by atoms with Gasteiger partial charge in [0, 0.05) is 6.54 Å². The molecule has 20 heavy (non-hydrogen) atoms. The number of hydrogen-bond donors (Lipinski definition) is 0. The van der Waals surface area contributed by atoms with Crippen molar-refractivity contribution >= 4 is 0 Å². The molecule has 0 saturated carbocycles. The Morgan fingerprint density at radius 1 is 0.850 bits per heavy atom. The standard InChI is InChI=1S/C18H30FN/c1-3-4-5-6-7-8-9-10-15-20(2)16-17-11-13-18(19)14-12-17/h11-14H,3-10,15-16H2,1-2H3. The molecular formula is C18H30FN. The van der Waals surface area contributed by atoms with Gasteiger partial charge in [-0.1, -0.05) is 64.0 Å². The van der Waals surface area contributed by atoms with E-state index in [0.717, 1.165) is 13.1 Å². The molecule has 1 nitrogen and oxygen atoms in total. The molecule has 0 atom stereocenters. The van der Waals surface area contributed by atoms with E-state index in [1.807, 2.05) is 12.1 Å². The Hall–Kier alpha value is -0.890. The molecule has 1 rings (SSSR count). The summed E-state index contributed by atoms with van der Waals surface area (Å²) < 4.78 is 12.8. The molecule has 1 aromatic rings. The van der Waals surface area contributed by atoms with E-state index in [-0.39, 0.29) is 5.82 Å². The van der Waals surface area contributed by atoms with E-state index >= 15 is 0 Å². The maximum Gasteiger partial charge on any atom is 0.123 e. The fraction of sp³-hybridized carbons (Fsp3) is 0.667. The van der Waals surface area contributed by atoms with Crippen LogP contribution in [-0.4, -0.2) is 18.5 Å².